The standard InChI is InChI=1S/C12H20N2S2/c1-8(2)10-6-15-11(14-10)12(13-4)5-9(3)16-7-12/h6,8-9,13H,5,7H2,1-4H3. The van der Waals surface area contributed by atoms with E-state index in [1.54, 1.807) is 0 Å². The molecule has 0 radical (unpaired) electrons. The lowest BCUT2D eigenvalue weighted by molar-refractivity contribution is 0.393. The molecule has 1 aromatic heterocycles. The summed E-state index contributed by atoms with van der Waals surface area (Å²) in [5.41, 5.74) is 1.36. The smallest absolute Gasteiger partial charge is 0.114 e. The van der Waals surface area contributed by atoms with Crippen LogP contribution < -0.4 is 5.32 Å². The first-order valence-corrected chi connectivity index (χ1v) is 7.76. The summed E-state index contributed by atoms with van der Waals surface area (Å²) in [5, 5.41) is 7.73. The Labute approximate surface area is 106 Å². The third kappa shape index (κ3) is 2.15. The summed E-state index contributed by atoms with van der Waals surface area (Å²) in [4.78, 5) is 4.81. The van der Waals surface area contributed by atoms with E-state index >= 15 is 0 Å². The molecule has 0 bridgehead atoms. The predicted octanol–water partition coefficient (Wildman–Crippen LogP) is 3.21. The fraction of sp³-hybridized carbons (Fsp3) is 0.750. The van der Waals surface area contributed by atoms with Gasteiger partial charge in [-0.2, -0.15) is 11.8 Å². The molecule has 90 valence electrons. The summed E-state index contributed by atoms with van der Waals surface area (Å²) in [6, 6.07) is 0. The van der Waals surface area contributed by atoms with Gasteiger partial charge in [-0.15, -0.1) is 11.3 Å². The lowest BCUT2D eigenvalue weighted by Gasteiger charge is -2.25. The molecule has 2 nitrogen and oxygen atoms in total. The van der Waals surface area contributed by atoms with Gasteiger partial charge in [-0.3, -0.25) is 0 Å². The normalized spacial score (nSPS) is 30.2. The van der Waals surface area contributed by atoms with Crippen molar-refractivity contribution in [1.29, 1.82) is 0 Å². The molecule has 1 N–H and O–H groups in total. The second kappa shape index (κ2) is 4.67. The summed E-state index contributed by atoms with van der Waals surface area (Å²) < 4.78 is 0. The minimum absolute atomic E-state index is 0.127. The highest BCUT2D eigenvalue weighted by Crippen LogP contribution is 2.42. The third-order valence-electron chi connectivity index (χ3n) is 3.25. The van der Waals surface area contributed by atoms with Crippen LogP contribution in [0.4, 0.5) is 0 Å². The van der Waals surface area contributed by atoms with E-state index in [9.17, 15) is 0 Å². The Kier molecular flexibility index (Phi) is 3.62. The van der Waals surface area contributed by atoms with Crippen LogP contribution in [0.25, 0.3) is 0 Å². The Bertz CT molecular complexity index is 362. The zero-order chi connectivity index (χ0) is 11.8. The number of nitrogens with zero attached hydrogens (tertiary/aromatic N) is 1. The van der Waals surface area contributed by atoms with E-state index in [1.165, 1.54) is 17.1 Å². The Morgan fingerprint density at radius 3 is 2.75 bits per heavy atom. The molecule has 0 saturated carbocycles. The summed E-state index contributed by atoms with van der Waals surface area (Å²) in [7, 11) is 2.06. The quantitative estimate of drug-likeness (QED) is 0.899. The van der Waals surface area contributed by atoms with Crippen LogP contribution in [0.2, 0.25) is 0 Å². The van der Waals surface area contributed by atoms with E-state index in [-0.39, 0.29) is 5.54 Å². The lowest BCUT2D eigenvalue weighted by Crippen LogP contribution is -2.40. The summed E-state index contributed by atoms with van der Waals surface area (Å²) >= 11 is 3.86. The van der Waals surface area contributed by atoms with Gasteiger partial charge in [0.2, 0.25) is 0 Å². The zero-order valence-electron chi connectivity index (χ0n) is 10.4. The molecule has 16 heavy (non-hydrogen) atoms. The molecule has 2 atom stereocenters. The number of thioether (sulfide) groups is 1. The number of rotatable bonds is 3. The molecular formula is C12H20N2S2. The first-order chi connectivity index (χ1) is 7.57. The number of hydrogen-bond acceptors (Lipinski definition) is 4. The van der Waals surface area contributed by atoms with Crippen molar-refractivity contribution in [3.8, 4) is 0 Å². The highest BCUT2D eigenvalue weighted by molar-refractivity contribution is 8.00. The number of hydrogen-bond donors (Lipinski definition) is 1. The monoisotopic (exact) mass is 256 g/mol. The molecule has 2 heterocycles. The van der Waals surface area contributed by atoms with Gasteiger partial charge in [0.1, 0.15) is 5.01 Å². The van der Waals surface area contributed by atoms with E-state index in [1.807, 2.05) is 23.1 Å². The number of aromatic nitrogens is 1. The molecule has 0 amide bonds. The SMILES string of the molecule is CNC1(c2nc(C(C)C)cs2)CSC(C)C1. The van der Waals surface area contributed by atoms with Crippen LogP contribution in [0.15, 0.2) is 5.38 Å². The van der Waals surface area contributed by atoms with Gasteiger partial charge in [0.15, 0.2) is 0 Å². The molecule has 1 aliphatic rings. The Morgan fingerprint density at radius 2 is 2.31 bits per heavy atom. The van der Waals surface area contributed by atoms with E-state index in [2.05, 4.69) is 38.5 Å². The van der Waals surface area contributed by atoms with Gasteiger partial charge in [0, 0.05) is 16.4 Å². The van der Waals surface area contributed by atoms with Gasteiger partial charge in [-0.1, -0.05) is 20.8 Å². The first kappa shape index (κ1) is 12.4. The van der Waals surface area contributed by atoms with Crippen molar-refractivity contribution in [1.82, 2.24) is 10.3 Å². The second-order valence-corrected chi connectivity index (χ2v) is 7.17. The van der Waals surface area contributed by atoms with Gasteiger partial charge in [0.25, 0.3) is 0 Å². The van der Waals surface area contributed by atoms with Crippen LogP contribution in [-0.2, 0) is 5.54 Å². The Balaban J connectivity index is 2.26. The molecule has 1 fully saturated rings. The highest BCUT2D eigenvalue weighted by atomic mass is 32.2. The van der Waals surface area contributed by atoms with E-state index in [0.717, 1.165) is 11.0 Å². The van der Waals surface area contributed by atoms with E-state index in [0.29, 0.717) is 5.92 Å². The summed E-state index contributed by atoms with van der Waals surface area (Å²) in [6.07, 6.45) is 1.19. The number of thiazole rings is 1. The molecule has 0 aliphatic carbocycles. The van der Waals surface area contributed by atoms with Gasteiger partial charge in [-0.05, 0) is 19.4 Å². The van der Waals surface area contributed by atoms with Gasteiger partial charge in [0.05, 0.1) is 11.2 Å². The molecule has 1 saturated heterocycles. The maximum atomic E-state index is 4.81. The van der Waals surface area contributed by atoms with Crippen molar-refractivity contribution in [2.75, 3.05) is 12.8 Å². The van der Waals surface area contributed by atoms with Crippen molar-refractivity contribution in [2.45, 2.75) is 43.9 Å². The largest absolute Gasteiger partial charge is 0.308 e. The van der Waals surface area contributed by atoms with Gasteiger partial charge >= 0.3 is 0 Å². The minimum Gasteiger partial charge on any atom is -0.308 e. The molecule has 1 aromatic rings. The average Bonchev–Trinajstić information content (AvgIpc) is 2.84. The lowest BCUT2D eigenvalue weighted by atomic mass is 9.97. The van der Waals surface area contributed by atoms with Crippen LogP contribution in [0.1, 0.15) is 43.8 Å². The van der Waals surface area contributed by atoms with Crippen LogP contribution in [-0.4, -0.2) is 23.0 Å². The van der Waals surface area contributed by atoms with Crippen LogP contribution in [0, 0.1) is 0 Å². The fourth-order valence-electron chi connectivity index (χ4n) is 2.09. The third-order valence-corrected chi connectivity index (χ3v) is 5.71. The maximum absolute atomic E-state index is 4.81. The fourth-order valence-corrected chi connectivity index (χ4v) is 4.75. The molecule has 1 aliphatic heterocycles. The Hall–Kier alpha value is -0.0600. The van der Waals surface area contributed by atoms with E-state index in [4.69, 9.17) is 4.98 Å². The highest BCUT2D eigenvalue weighted by Gasteiger charge is 2.40. The van der Waals surface area contributed by atoms with Crippen molar-refractivity contribution in [3.63, 3.8) is 0 Å². The molecular weight excluding hydrogens is 236 g/mol. The molecule has 2 rings (SSSR count). The zero-order valence-corrected chi connectivity index (χ0v) is 12.0. The van der Waals surface area contributed by atoms with Crippen molar-refractivity contribution in [2.24, 2.45) is 0 Å². The topological polar surface area (TPSA) is 24.9 Å². The Morgan fingerprint density at radius 1 is 1.56 bits per heavy atom. The maximum Gasteiger partial charge on any atom is 0.114 e. The van der Waals surface area contributed by atoms with Crippen molar-refractivity contribution in [3.05, 3.63) is 16.1 Å². The van der Waals surface area contributed by atoms with Crippen molar-refractivity contribution >= 4 is 23.1 Å². The van der Waals surface area contributed by atoms with Crippen LogP contribution >= 0.6 is 23.1 Å². The van der Waals surface area contributed by atoms with Crippen molar-refractivity contribution < 1.29 is 0 Å². The van der Waals surface area contributed by atoms with Crippen LogP contribution in [0.5, 0.6) is 0 Å². The second-order valence-electron chi connectivity index (χ2n) is 4.89. The molecule has 0 spiro atoms. The molecule has 0 aromatic carbocycles. The average molecular weight is 256 g/mol. The number of nitrogens with one attached hydrogen (secondary N) is 1. The minimum atomic E-state index is 0.127. The van der Waals surface area contributed by atoms with E-state index < -0.39 is 0 Å². The molecule has 2 unspecified atom stereocenters. The van der Waals surface area contributed by atoms with Crippen LogP contribution in [0.3, 0.4) is 0 Å². The summed E-state index contributed by atoms with van der Waals surface area (Å²) in [6.45, 7) is 6.72. The summed E-state index contributed by atoms with van der Waals surface area (Å²) in [5.74, 6) is 1.68. The molecule has 4 heteroatoms. The van der Waals surface area contributed by atoms with Gasteiger partial charge in [-0.25, -0.2) is 4.98 Å². The van der Waals surface area contributed by atoms with Gasteiger partial charge < -0.3 is 5.32 Å². The predicted molar refractivity (Wildman–Crippen MR) is 73.5 cm³/mol. The first-order valence-electron chi connectivity index (χ1n) is 5.84.